The van der Waals surface area contributed by atoms with Crippen molar-refractivity contribution in [3.8, 4) is 0 Å². The number of hydrogen-bond acceptors (Lipinski definition) is 6. The van der Waals surface area contributed by atoms with Crippen molar-refractivity contribution in [1.29, 1.82) is 0 Å². The van der Waals surface area contributed by atoms with Gasteiger partial charge in [-0.05, 0) is 31.5 Å². The molecule has 0 atom stereocenters. The second-order valence-corrected chi connectivity index (χ2v) is 8.46. The quantitative estimate of drug-likeness (QED) is 0.536. The first kappa shape index (κ1) is 20.0. The van der Waals surface area contributed by atoms with Gasteiger partial charge in [-0.25, -0.2) is 22.7 Å². The molecule has 10 nitrogen and oxygen atoms in total. The Kier molecular flexibility index (Phi) is 5.24. The van der Waals surface area contributed by atoms with Crippen molar-refractivity contribution in [3.63, 3.8) is 0 Å². The normalized spacial score (nSPS) is 16.3. The summed E-state index contributed by atoms with van der Waals surface area (Å²) in [6, 6.07) is 3.88. The summed E-state index contributed by atoms with van der Waals surface area (Å²) in [4.78, 5) is 37.7. The molecule has 2 aromatic rings. The fourth-order valence-electron chi connectivity index (χ4n) is 2.84. The van der Waals surface area contributed by atoms with Crippen LogP contribution in [0, 0.1) is 0 Å². The van der Waals surface area contributed by atoms with E-state index in [2.05, 4.69) is 9.71 Å². The molecule has 150 valence electrons. The van der Waals surface area contributed by atoms with Gasteiger partial charge in [-0.3, -0.25) is 9.36 Å². The van der Waals surface area contributed by atoms with Crippen LogP contribution in [0.1, 0.15) is 13.3 Å². The molecule has 1 aromatic heterocycles. The SMILES string of the molecule is CC1(NS(=O)(=O)c2ccc3[nH]c(=O)n(CC/C=C/C(=O)O)c(=O)c3c2)COC1. The summed E-state index contributed by atoms with van der Waals surface area (Å²) < 4.78 is 33.7. The summed E-state index contributed by atoms with van der Waals surface area (Å²) in [6.45, 7) is 2.18. The third-order valence-corrected chi connectivity index (χ3v) is 5.90. The molecule has 1 aliphatic rings. The van der Waals surface area contributed by atoms with Gasteiger partial charge in [-0.15, -0.1) is 0 Å². The van der Waals surface area contributed by atoms with Crippen LogP contribution in [0.2, 0.25) is 0 Å². The zero-order valence-electron chi connectivity index (χ0n) is 15.0. The number of nitrogens with one attached hydrogen (secondary N) is 2. The molecule has 1 fully saturated rings. The Balaban J connectivity index is 1.97. The minimum atomic E-state index is -3.89. The van der Waals surface area contributed by atoms with Crippen LogP contribution in [-0.2, 0) is 26.1 Å². The highest BCUT2D eigenvalue weighted by Gasteiger charge is 2.37. The maximum Gasteiger partial charge on any atom is 0.328 e. The van der Waals surface area contributed by atoms with Crippen LogP contribution in [0.15, 0.2) is 44.8 Å². The van der Waals surface area contributed by atoms with Gasteiger partial charge in [-0.2, -0.15) is 0 Å². The van der Waals surface area contributed by atoms with Crippen molar-refractivity contribution >= 4 is 26.9 Å². The average Bonchev–Trinajstić information content (AvgIpc) is 2.58. The average molecular weight is 409 g/mol. The third-order valence-electron chi connectivity index (χ3n) is 4.27. The zero-order chi connectivity index (χ0) is 20.5. The number of carboxylic acid groups (broad SMARTS) is 1. The fourth-order valence-corrected chi connectivity index (χ4v) is 4.24. The number of nitrogens with zero attached hydrogens (tertiary/aromatic N) is 1. The maximum atomic E-state index is 12.7. The number of H-pyrrole nitrogens is 1. The number of fused-ring (bicyclic) bond motifs is 1. The van der Waals surface area contributed by atoms with Crippen LogP contribution in [0.4, 0.5) is 0 Å². The predicted octanol–water partition coefficient (Wildman–Crippen LogP) is -0.212. The first-order valence-corrected chi connectivity index (χ1v) is 9.88. The monoisotopic (exact) mass is 409 g/mol. The van der Waals surface area contributed by atoms with E-state index in [0.29, 0.717) is 0 Å². The Hall–Kier alpha value is -2.76. The first-order chi connectivity index (χ1) is 13.1. The molecule has 3 N–H and O–H groups in total. The van der Waals surface area contributed by atoms with E-state index < -0.39 is 32.8 Å². The maximum absolute atomic E-state index is 12.7. The second kappa shape index (κ2) is 7.34. The molecule has 3 rings (SSSR count). The second-order valence-electron chi connectivity index (χ2n) is 6.78. The molecule has 1 aliphatic heterocycles. The van der Waals surface area contributed by atoms with E-state index in [9.17, 15) is 22.8 Å². The molecule has 0 aliphatic carbocycles. The number of aliphatic carboxylic acids is 1. The van der Waals surface area contributed by atoms with E-state index in [-0.39, 0.29) is 42.0 Å². The van der Waals surface area contributed by atoms with Gasteiger partial charge in [0, 0.05) is 12.6 Å². The van der Waals surface area contributed by atoms with Crippen LogP contribution in [-0.4, -0.2) is 47.8 Å². The molecule has 1 saturated heterocycles. The van der Waals surface area contributed by atoms with Crippen LogP contribution in [0.25, 0.3) is 10.9 Å². The molecule has 2 heterocycles. The molecular formula is C17H19N3O7S. The molecule has 0 spiro atoms. The summed E-state index contributed by atoms with van der Waals surface area (Å²) in [5.41, 5.74) is -1.80. The van der Waals surface area contributed by atoms with Crippen molar-refractivity contribution < 1.29 is 23.1 Å². The van der Waals surface area contributed by atoms with Gasteiger partial charge >= 0.3 is 11.7 Å². The van der Waals surface area contributed by atoms with Gasteiger partial charge in [0.1, 0.15) is 0 Å². The highest BCUT2D eigenvalue weighted by molar-refractivity contribution is 7.89. The molecular weight excluding hydrogens is 390 g/mol. The topological polar surface area (TPSA) is 148 Å². The Labute approximate surface area is 159 Å². The van der Waals surface area contributed by atoms with E-state index in [1.807, 2.05) is 0 Å². The number of carboxylic acids is 1. The van der Waals surface area contributed by atoms with E-state index in [1.165, 1.54) is 24.3 Å². The summed E-state index contributed by atoms with van der Waals surface area (Å²) in [6.07, 6.45) is 2.39. The van der Waals surface area contributed by atoms with E-state index >= 15 is 0 Å². The van der Waals surface area contributed by atoms with Gasteiger partial charge in [0.05, 0.1) is 34.6 Å². The van der Waals surface area contributed by atoms with Crippen molar-refractivity contribution in [3.05, 3.63) is 51.2 Å². The van der Waals surface area contributed by atoms with Gasteiger partial charge in [-0.1, -0.05) is 6.08 Å². The van der Waals surface area contributed by atoms with Gasteiger partial charge in [0.15, 0.2) is 0 Å². The van der Waals surface area contributed by atoms with Crippen molar-refractivity contribution in [2.45, 2.75) is 30.3 Å². The Morgan fingerprint density at radius 3 is 2.71 bits per heavy atom. The van der Waals surface area contributed by atoms with Crippen LogP contribution in [0.5, 0.6) is 0 Å². The van der Waals surface area contributed by atoms with Crippen molar-refractivity contribution in [2.75, 3.05) is 13.2 Å². The number of aromatic amines is 1. The number of hydrogen-bond donors (Lipinski definition) is 3. The molecule has 0 amide bonds. The number of carbonyl (C=O) groups is 1. The summed E-state index contributed by atoms with van der Waals surface area (Å²) in [7, 11) is -3.89. The van der Waals surface area contributed by atoms with Gasteiger partial charge in [0.25, 0.3) is 5.56 Å². The van der Waals surface area contributed by atoms with E-state index in [1.54, 1.807) is 6.92 Å². The summed E-state index contributed by atoms with van der Waals surface area (Å²) in [5.74, 6) is -1.13. The predicted molar refractivity (Wildman–Crippen MR) is 99.8 cm³/mol. The Morgan fingerprint density at radius 2 is 2.11 bits per heavy atom. The molecule has 0 unspecified atom stereocenters. The lowest BCUT2D eigenvalue weighted by Gasteiger charge is -2.38. The molecule has 28 heavy (non-hydrogen) atoms. The largest absolute Gasteiger partial charge is 0.478 e. The van der Waals surface area contributed by atoms with E-state index in [4.69, 9.17) is 9.84 Å². The summed E-state index contributed by atoms with van der Waals surface area (Å²) >= 11 is 0. The number of ether oxygens (including phenoxy) is 1. The molecule has 1 aromatic carbocycles. The highest BCUT2D eigenvalue weighted by Crippen LogP contribution is 2.21. The smallest absolute Gasteiger partial charge is 0.328 e. The number of benzene rings is 1. The number of allylic oxidation sites excluding steroid dienone is 1. The lowest BCUT2D eigenvalue weighted by Crippen LogP contribution is -2.59. The van der Waals surface area contributed by atoms with Crippen molar-refractivity contribution in [1.82, 2.24) is 14.3 Å². The van der Waals surface area contributed by atoms with Gasteiger partial charge < -0.3 is 14.8 Å². The fraction of sp³-hybridized carbons (Fsp3) is 0.353. The van der Waals surface area contributed by atoms with Gasteiger partial charge in [0.2, 0.25) is 10.0 Å². The minimum Gasteiger partial charge on any atom is -0.478 e. The lowest BCUT2D eigenvalue weighted by molar-refractivity contribution is -0.131. The minimum absolute atomic E-state index is 0.0414. The molecule has 0 bridgehead atoms. The highest BCUT2D eigenvalue weighted by atomic mass is 32.2. The van der Waals surface area contributed by atoms with Crippen LogP contribution < -0.4 is 16.0 Å². The summed E-state index contributed by atoms with van der Waals surface area (Å²) in [5, 5.41) is 8.62. The number of sulfonamides is 1. The van der Waals surface area contributed by atoms with E-state index in [0.717, 1.165) is 10.6 Å². The lowest BCUT2D eigenvalue weighted by atomic mass is 10.0. The van der Waals surface area contributed by atoms with Crippen LogP contribution in [0.3, 0.4) is 0 Å². The third kappa shape index (κ3) is 4.06. The Bertz CT molecular complexity index is 1170. The number of aromatic nitrogens is 2. The number of rotatable bonds is 7. The van der Waals surface area contributed by atoms with Crippen molar-refractivity contribution in [2.24, 2.45) is 0 Å². The van der Waals surface area contributed by atoms with Crippen LogP contribution >= 0.6 is 0 Å². The molecule has 0 saturated carbocycles. The first-order valence-electron chi connectivity index (χ1n) is 8.39. The molecule has 11 heteroatoms. The Morgan fingerprint density at radius 1 is 1.39 bits per heavy atom. The zero-order valence-corrected chi connectivity index (χ0v) is 15.8. The molecule has 0 radical (unpaired) electrons. The standard InChI is InChI=1S/C17H19N3O7S/c1-17(9-27-10-17)19-28(25,26)11-5-6-13-12(8-11)15(23)20(16(24)18-13)7-3-2-4-14(21)22/h2,4-6,8,19H,3,7,9-10H2,1H3,(H,18,24)(H,21,22)/b4-2+.